The van der Waals surface area contributed by atoms with E-state index in [0.29, 0.717) is 26.5 Å². The van der Waals surface area contributed by atoms with Crippen molar-refractivity contribution in [1.29, 1.82) is 0 Å². The molecule has 5 aromatic rings. The first kappa shape index (κ1) is 23.4. The lowest BCUT2D eigenvalue weighted by Gasteiger charge is -2.22. The van der Waals surface area contributed by atoms with Crippen LogP contribution >= 0.6 is 23.1 Å². The van der Waals surface area contributed by atoms with Gasteiger partial charge in [-0.2, -0.15) is 0 Å². The zero-order chi connectivity index (χ0) is 25.5. The molecule has 10 heteroatoms. The third-order valence-corrected chi connectivity index (χ3v) is 8.20. The van der Waals surface area contributed by atoms with Gasteiger partial charge in [-0.15, -0.1) is 10.2 Å². The summed E-state index contributed by atoms with van der Waals surface area (Å²) in [5.74, 6) is 0.172. The highest BCUT2D eigenvalue weighted by atomic mass is 32.2. The van der Waals surface area contributed by atoms with E-state index in [9.17, 15) is 14.0 Å². The number of ether oxygens (including phenoxy) is 1. The van der Waals surface area contributed by atoms with E-state index in [2.05, 4.69) is 10.2 Å². The molecule has 0 saturated carbocycles. The van der Waals surface area contributed by atoms with Crippen molar-refractivity contribution in [3.63, 3.8) is 0 Å². The number of thioether (sulfide) groups is 1. The number of aromatic nitrogens is 2. The van der Waals surface area contributed by atoms with Gasteiger partial charge in [0.2, 0.25) is 10.9 Å². The fraction of sp³-hybridized carbons (Fsp3) is 0.111. The summed E-state index contributed by atoms with van der Waals surface area (Å²) in [4.78, 5) is 28.7. The van der Waals surface area contributed by atoms with Crippen LogP contribution in [0.25, 0.3) is 11.0 Å². The third kappa shape index (κ3) is 4.17. The summed E-state index contributed by atoms with van der Waals surface area (Å²) in [7, 11) is 1.56. The van der Waals surface area contributed by atoms with E-state index in [-0.39, 0.29) is 22.3 Å². The Kier molecular flexibility index (Phi) is 5.97. The van der Waals surface area contributed by atoms with Gasteiger partial charge in [0.05, 0.1) is 24.1 Å². The van der Waals surface area contributed by atoms with Crippen LogP contribution in [0.2, 0.25) is 0 Å². The highest BCUT2D eigenvalue weighted by Gasteiger charge is 2.45. The number of hydrogen-bond donors (Lipinski definition) is 0. The Hall–Kier alpha value is -4.02. The molecule has 0 N–H and O–H groups in total. The standard InChI is InChI=1S/C27H18FN3O4S2/c1-34-18-10-7-16(8-11-18)22-21-23(32)19-13-17(28)9-12-20(19)35-24(21)25(33)31(22)26-29-30-27(37-26)36-14-15-5-3-2-4-6-15/h2-13,22H,14H2,1H3/t22-/m0/s1. The fourth-order valence-electron chi connectivity index (χ4n) is 4.32. The SMILES string of the molecule is COc1ccc([C@H]2c3c(oc4ccc(F)cc4c3=O)C(=O)N2c2nnc(SCc3ccccc3)s2)cc1. The molecule has 3 heterocycles. The van der Waals surface area contributed by atoms with E-state index in [1.54, 1.807) is 31.4 Å². The molecule has 1 aliphatic heterocycles. The van der Waals surface area contributed by atoms with Crippen LogP contribution in [0.1, 0.15) is 33.3 Å². The van der Waals surface area contributed by atoms with Crippen LogP contribution in [0.5, 0.6) is 5.75 Å². The van der Waals surface area contributed by atoms with Gasteiger partial charge in [-0.05, 0) is 41.5 Å². The molecular formula is C27H18FN3O4S2. The molecule has 0 aliphatic carbocycles. The summed E-state index contributed by atoms with van der Waals surface area (Å²) in [6, 6.07) is 19.9. The van der Waals surface area contributed by atoms with Crippen molar-refractivity contribution in [2.24, 2.45) is 0 Å². The van der Waals surface area contributed by atoms with Gasteiger partial charge in [0, 0.05) is 5.75 Å². The number of nitrogens with zero attached hydrogens (tertiary/aromatic N) is 3. The minimum absolute atomic E-state index is 0.0725. The number of anilines is 1. The predicted molar refractivity (Wildman–Crippen MR) is 140 cm³/mol. The van der Waals surface area contributed by atoms with Crippen LogP contribution < -0.4 is 15.1 Å². The zero-order valence-corrected chi connectivity index (χ0v) is 21.0. The Labute approximate surface area is 218 Å². The minimum atomic E-state index is -0.822. The number of rotatable bonds is 6. The molecule has 1 amide bonds. The van der Waals surface area contributed by atoms with E-state index in [1.807, 2.05) is 30.3 Å². The molecule has 0 saturated heterocycles. The van der Waals surface area contributed by atoms with Crippen molar-refractivity contribution in [3.8, 4) is 5.75 Å². The zero-order valence-electron chi connectivity index (χ0n) is 19.4. The van der Waals surface area contributed by atoms with Gasteiger partial charge in [-0.25, -0.2) is 4.39 Å². The van der Waals surface area contributed by atoms with Crippen molar-refractivity contribution in [1.82, 2.24) is 10.2 Å². The molecule has 0 spiro atoms. The van der Waals surface area contributed by atoms with Crippen molar-refractivity contribution in [3.05, 3.63) is 111 Å². The van der Waals surface area contributed by atoms with Crippen molar-refractivity contribution >= 4 is 45.1 Å². The molecular weight excluding hydrogens is 513 g/mol. The number of amides is 1. The lowest BCUT2D eigenvalue weighted by atomic mass is 9.98. The first-order valence-corrected chi connectivity index (χ1v) is 13.1. The third-order valence-electron chi connectivity index (χ3n) is 6.07. The average Bonchev–Trinajstić information content (AvgIpc) is 3.51. The largest absolute Gasteiger partial charge is 0.497 e. The van der Waals surface area contributed by atoms with Crippen LogP contribution in [0, 0.1) is 5.82 Å². The topological polar surface area (TPSA) is 85.5 Å². The maximum absolute atomic E-state index is 14.0. The van der Waals surface area contributed by atoms with E-state index in [0.717, 1.165) is 11.6 Å². The van der Waals surface area contributed by atoms with E-state index in [4.69, 9.17) is 9.15 Å². The summed E-state index contributed by atoms with van der Waals surface area (Å²) in [6.07, 6.45) is 0. The molecule has 2 aromatic heterocycles. The van der Waals surface area contributed by atoms with E-state index < -0.39 is 23.2 Å². The number of methoxy groups -OCH3 is 1. The Bertz CT molecular complexity index is 1690. The van der Waals surface area contributed by atoms with Gasteiger partial charge >= 0.3 is 0 Å². The monoisotopic (exact) mass is 531 g/mol. The first-order valence-electron chi connectivity index (χ1n) is 11.3. The van der Waals surface area contributed by atoms with Gasteiger partial charge in [0.15, 0.2) is 9.77 Å². The molecule has 1 atom stereocenters. The number of halogens is 1. The van der Waals surface area contributed by atoms with Crippen molar-refractivity contribution in [2.45, 2.75) is 16.1 Å². The number of carbonyl (C=O) groups excluding carboxylic acids is 1. The first-order chi connectivity index (χ1) is 18.0. The van der Waals surface area contributed by atoms with E-state index >= 15 is 0 Å². The van der Waals surface area contributed by atoms with Gasteiger partial charge in [-0.1, -0.05) is 65.6 Å². The van der Waals surface area contributed by atoms with Gasteiger partial charge in [0.25, 0.3) is 5.91 Å². The molecule has 184 valence electrons. The molecule has 1 aliphatic rings. The second-order valence-corrected chi connectivity index (χ2v) is 10.5. The Morgan fingerprint density at radius 3 is 2.59 bits per heavy atom. The molecule has 6 rings (SSSR count). The molecule has 7 nitrogen and oxygen atoms in total. The Morgan fingerprint density at radius 1 is 1.05 bits per heavy atom. The van der Waals surface area contributed by atoms with Crippen molar-refractivity contribution < 1.29 is 18.3 Å². The van der Waals surface area contributed by atoms with Gasteiger partial charge < -0.3 is 9.15 Å². The summed E-state index contributed by atoms with van der Waals surface area (Å²) in [5, 5.41) is 8.98. The lowest BCUT2D eigenvalue weighted by molar-refractivity contribution is 0.0970. The number of carbonyl (C=O) groups is 1. The normalized spacial score (nSPS) is 14.8. The highest BCUT2D eigenvalue weighted by molar-refractivity contribution is 8.00. The Balaban J connectivity index is 1.45. The molecule has 37 heavy (non-hydrogen) atoms. The molecule has 0 fully saturated rings. The van der Waals surface area contributed by atoms with Gasteiger partial charge in [-0.3, -0.25) is 14.5 Å². The van der Waals surface area contributed by atoms with Gasteiger partial charge in [0.1, 0.15) is 17.1 Å². The summed E-state index contributed by atoms with van der Waals surface area (Å²) < 4.78 is 25.8. The van der Waals surface area contributed by atoms with Crippen LogP contribution in [-0.2, 0) is 5.75 Å². The minimum Gasteiger partial charge on any atom is -0.497 e. The number of fused-ring (bicyclic) bond motifs is 2. The fourth-order valence-corrected chi connectivity index (χ4v) is 6.14. The maximum Gasteiger partial charge on any atom is 0.297 e. The Morgan fingerprint density at radius 2 is 1.84 bits per heavy atom. The molecule has 0 unspecified atom stereocenters. The van der Waals surface area contributed by atoms with Crippen LogP contribution in [-0.4, -0.2) is 23.2 Å². The van der Waals surface area contributed by atoms with Crippen LogP contribution in [0.4, 0.5) is 9.52 Å². The lowest BCUT2D eigenvalue weighted by Crippen LogP contribution is -2.29. The smallest absolute Gasteiger partial charge is 0.297 e. The molecule has 0 radical (unpaired) electrons. The molecule has 0 bridgehead atoms. The maximum atomic E-state index is 14.0. The highest BCUT2D eigenvalue weighted by Crippen LogP contribution is 2.43. The quantitative estimate of drug-likeness (QED) is 0.201. The average molecular weight is 532 g/mol. The second kappa shape index (κ2) is 9.45. The van der Waals surface area contributed by atoms with E-state index in [1.165, 1.54) is 40.1 Å². The summed E-state index contributed by atoms with van der Waals surface area (Å²) in [5.41, 5.74) is 1.62. The van der Waals surface area contributed by atoms with Crippen LogP contribution in [0.15, 0.2) is 86.3 Å². The number of benzene rings is 3. The summed E-state index contributed by atoms with van der Waals surface area (Å²) >= 11 is 2.77. The predicted octanol–water partition coefficient (Wildman–Crippen LogP) is 5.83. The summed E-state index contributed by atoms with van der Waals surface area (Å²) in [6.45, 7) is 0. The van der Waals surface area contributed by atoms with Crippen molar-refractivity contribution in [2.75, 3.05) is 12.0 Å². The molecule has 3 aromatic carbocycles. The number of hydrogen-bond acceptors (Lipinski definition) is 8. The van der Waals surface area contributed by atoms with Crippen LogP contribution in [0.3, 0.4) is 0 Å². The second-order valence-electron chi connectivity index (χ2n) is 8.29.